The Kier molecular flexibility index (Phi) is 15.4. The summed E-state index contributed by atoms with van der Waals surface area (Å²) in [6.45, 7) is 5.98. The number of rotatable bonds is 23. The second kappa shape index (κ2) is 20.5. The molecular formula is C36H46N4O6. The van der Waals surface area contributed by atoms with Gasteiger partial charge in [0.1, 0.15) is 0 Å². The molecule has 0 saturated heterocycles. The Bertz CT molecular complexity index is 1320. The maximum Gasteiger partial charge on any atom is 0.150 e. The zero-order chi connectivity index (χ0) is 32.1. The standard InChI is InChI=1S/C36H46N4O6/c1-41-23-19-37-29-11-3-7-15-33(29)45-35-17-9-5-13-31(35)39-21-25-43-27-28-44-26-22-40-32-14-6-10-18-36(32)46-34-16-8-4-12-30(34)38-20-24-42-2/h3-18,37-40H,19-28H2,1-2H3. The van der Waals surface area contributed by atoms with E-state index in [2.05, 4.69) is 21.3 Å². The van der Waals surface area contributed by atoms with Crippen molar-refractivity contribution in [3.8, 4) is 23.0 Å². The molecule has 0 spiro atoms. The molecular weight excluding hydrogens is 584 g/mol. The number of methoxy groups -OCH3 is 2. The summed E-state index contributed by atoms with van der Waals surface area (Å²) in [5.74, 6) is 3.00. The monoisotopic (exact) mass is 630 g/mol. The highest BCUT2D eigenvalue weighted by Crippen LogP contribution is 2.34. The smallest absolute Gasteiger partial charge is 0.150 e. The topological polar surface area (TPSA) is 104 Å². The van der Waals surface area contributed by atoms with Crippen LogP contribution in [-0.4, -0.2) is 80.0 Å². The normalized spacial score (nSPS) is 10.7. The van der Waals surface area contributed by atoms with Gasteiger partial charge in [-0.2, -0.15) is 0 Å². The highest BCUT2D eigenvalue weighted by atomic mass is 16.5. The molecule has 0 amide bonds. The summed E-state index contributed by atoms with van der Waals surface area (Å²) in [4.78, 5) is 0. The number of anilines is 4. The van der Waals surface area contributed by atoms with Crippen molar-refractivity contribution < 1.29 is 28.4 Å². The van der Waals surface area contributed by atoms with Gasteiger partial charge in [0.25, 0.3) is 0 Å². The third kappa shape index (κ3) is 11.8. The number of nitrogens with one attached hydrogen (secondary N) is 4. The Morgan fingerprint density at radius 3 is 0.957 bits per heavy atom. The van der Waals surface area contributed by atoms with Crippen LogP contribution in [-0.2, 0) is 18.9 Å². The lowest BCUT2D eigenvalue weighted by atomic mass is 10.2. The molecule has 0 radical (unpaired) electrons. The molecule has 0 aliphatic heterocycles. The van der Waals surface area contributed by atoms with E-state index in [4.69, 9.17) is 28.4 Å². The third-order valence-electron chi connectivity index (χ3n) is 6.73. The number of ether oxygens (including phenoxy) is 6. The molecule has 0 aliphatic carbocycles. The summed E-state index contributed by atoms with van der Waals surface area (Å²) < 4.78 is 34.3. The van der Waals surface area contributed by atoms with E-state index in [0.717, 1.165) is 45.7 Å². The molecule has 4 aromatic rings. The molecule has 4 aromatic carbocycles. The molecule has 46 heavy (non-hydrogen) atoms. The maximum absolute atomic E-state index is 6.25. The van der Waals surface area contributed by atoms with Gasteiger partial charge >= 0.3 is 0 Å². The van der Waals surface area contributed by atoms with Crippen LogP contribution in [0.4, 0.5) is 22.7 Å². The van der Waals surface area contributed by atoms with E-state index in [-0.39, 0.29) is 0 Å². The quantitative estimate of drug-likeness (QED) is 0.0644. The fourth-order valence-corrected chi connectivity index (χ4v) is 4.46. The summed E-state index contributed by atoms with van der Waals surface area (Å²) in [6, 6.07) is 31.5. The van der Waals surface area contributed by atoms with Gasteiger partial charge in [-0.25, -0.2) is 0 Å². The largest absolute Gasteiger partial charge is 0.453 e. The van der Waals surface area contributed by atoms with Crippen LogP contribution >= 0.6 is 0 Å². The third-order valence-corrected chi connectivity index (χ3v) is 6.73. The first-order valence-corrected chi connectivity index (χ1v) is 15.6. The minimum absolute atomic E-state index is 0.507. The number of para-hydroxylation sites is 8. The lowest BCUT2D eigenvalue weighted by molar-refractivity contribution is 0.0557. The Morgan fingerprint density at radius 2 is 0.652 bits per heavy atom. The van der Waals surface area contributed by atoms with Gasteiger partial charge in [0, 0.05) is 40.4 Å². The lowest BCUT2D eigenvalue weighted by Gasteiger charge is -2.16. The molecule has 4 rings (SSSR count). The molecule has 0 aromatic heterocycles. The van der Waals surface area contributed by atoms with Crippen LogP contribution in [0.1, 0.15) is 0 Å². The Labute approximate surface area is 272 Å². The minimum atomic E-state index is 0.507. The first kappa shape index (κ1) is 34.4. The first-order valence-electron chi connectivity index (χ1n) is 15.6. The van der Waals surface area contributed by atoms with Gasteiger partial charge in [0.2, 0.25) is 0 Å². The summed E-state index contributed by atoms with van der Waals surface area (Å²) in [5.41, 5.74) is 3.63. The van der Waals surface area contributed by atoms with Crippen molar-refractivity contribution in [2.24, 2.45) is 0 Å². The number of hydrogen-bond acceptors (Lipinski definition) is 10. The SMILES string of the molecule is COCCNc1ccccc1Oc1ccccc1NCCOCCOCCNc1ccccc1Oc1ccccc1NCCOC. The first-order chi connectivity index (χ1) is 22.8. The van der Waals surface area contributed by atoms with Crippen LogP contribution in [0.5, 0.6) is 23.0 Å². The fourth-order valence-electron chi connectivity index (χ4n) is 4.46. The van der Waals surface area contributed by atoms with Crippen molar-refractivity contribution in [1.82, 2.24) is 0 Å². The molecule has 4 N–H and O–H groups in total. The number of hydrogen-bond donors (Lipinski definition) is 4. The zero-order valence-electron chi connectivity index (χ0n) is 26.8. The highest BCUT2D eigenvalue weighted by molar-refractivity contribution is 5.63. The van der Waals surface area contributed by atoms with E-state index in [1.807, 2.05) is 97.1 Å². The van der Waals surface area contributed by atoms with Gasteiger partial charge in [0.15, 0.2) is 23.0 Å². The van der Waals surface area contributed by atoms with Crippen LogP contribution in [0.25, 0.3) is 0 Å². The zero-order valence-corrected chi connectivity index (χ0v) is 26.8. The number of benzene rings is 4. The van der Waals surface area contributed by atoms with Crippen LogP contribution < -0.4 is 30.7 Å². The average molecular weight is 631 g/mol. The van der Waals surface area contributed by atoms with Gasteiger partial charge in [-0.05, 0) is 48.5 Å². The van der Waals surface area contributed by atoms with Crippen molar-refractivity contribution in [2.45, 2.75) is 0 Å². The van der Waals surface area contributed by atoms with Crippen molar-refractivity contribution in [2.75, 3.05) is 101 Å². The van der Waals surface area contributed by atoms with Gasteiger partial charge < -0.3 is 49.7 Å². The predicted octanol–water partition coefficient (Wildman–Crippen LogP) is 6.95. The molecule has 10 nitrogen and oxygen atoms in total. The Morgan fingerprint density at radius 1 is 0.370 bits per heavy atom. The molecule has 0 unspecified atom stereocenters. The molecule has 0 saturated carbocycles. The molecule has 0 heterocycles. The van der Waals surface area contributed by atoms with Crippen LogP contribution in [0.15, 0.2) is 97.1 Å². The molecule has 0 fully saturated rings. The van der Waals surface area contributed by atoms with E-state index in [9.17, 15) is 0 Å². The summed E-state index contributed by atoms with van der Waals surface area (Å²) in [7, 11) is 3.37. The second-order valence-corrected chi connectivity index (χ2v) is 10.1. The van der Waals surface area contributed by atoms with E-state index in [1.165, 1.54) is 0 Å². The Hall–Kier alpha value is -4.48. The molecule has 0 atom stereocenters. The van der Waals surface area contributed by atoms with Crippen molar-refractivity contribution in [3.05, 3.63) is 97.1 Å². The van der Waals surface area contributed by atoms with Gasteiger partial charge in [-0.15, -0.1) is 0 Å². The molecule has 246 valence electrons. The minimum Gasteiger partial charge on any atom is -0.453 e. The van der Waals surface area contributed by atoms with Crippen LogP contribution in [0.2, 0.25) is 0 Å². The van der Waals surface area contributed by atoms with E-state index >= 15 is 0 Å². The fraction of sp³-hybridized carbons (Fsp3) is 0.333. The van der Waals surface area contributed by atoms with Gasteiger partial charge in [0.05, 0.1) is 62.4 Å². The Balaban J connectivity index is 1.12. The predicted molar refractivity (Wildman–Crippen MR) is 185 cm³/mol. The molecule has 0 aliphatic rings. The lowest BCUT2D eigenvalue weighted by Crippen LogP contribution is -2.15. The van der Waals surface area contributed by atoms with Crippen molar-refractivity contribution in [3.63, 3.8) is 0 Å². The summed E-state index contributed by atoms with van der Waals surface area (Å²) in [6.07, 6.45) is 0. The van der Waals surface area contributed by atoms with E-state index in [1.54, 1.807) is 14.2 Å². The average Bonchev–Trinajstić information content (AvgIpc) is 3.08. The highest BCUT2D eigenvalue weighted by Gasteiger charge is 2.09. The molecule has 0 bridgehead atoms. The summed E-state index contributed by atoms with van der Waals surface area (Å²) >= 11 is 0. The van der Waals surface area contributed by atoms with Crippen LogP contribution in [0.3, 0.4) is 0 Å². The van der Waals surface area contributed by atoms with Crippen molar-refractivity contribution in [1.29, 1.82) is 0 Å². The summed E-state index contributed by atoms with van der Waals surface area (Å²) in [5, 5.41) is 13.5. The van der Waals surface area contributed by atoms with E-state index < -0.39 is 0 Å². The van der Waals surface area contributed by atoms with Crippen molar-refractivity contribution >= 4 is 22.7 Å². The van der Waals surface area contributed by atoms with E-state index in [0.29, 0.717) is 65.8 Å². The van der Waals surface area contributed by atoms with Gasteiger partial charge in [-0.3, -0.25) is 0 Å². The van der Waals surface area contributed by atoms with Gasteiger partial charge in [-0.1, -0.05) is 48.5 Å². The molecule has 10 heteroatoms. The van der Waals surface area contributed by atoms with Crippen LogP contribution in [0, 0.1) is 0 Å². The second-order valence-electron chi connectivity index (χ2n) is 10.1. The maximum atomic E-state index is 6.25.